The SMILES string of the molecule is CN=C(NCc1cccc(OCCCOC)c1)N1CC2CCCCC2C1. The van der Waals surface area contributed by atoms with Crippen LogP contribution in [0.2, 0.25) is 0 Å². The van der Waals surface area contributed by atoms with Gasteiger partial charge in [-0.15, -0.1) is 0 Å². The highest BCUT2D eigenvalue weighted by atomic mass is 16.5. The van der Waals surface area contributed by atoms with E-state index in [4.69, 9.17) is 9.47 Å². The topological polar surface area (TPSA) is 46.1 Å². The number of likely N-dealkylation sites (tertiary alicyclic amines) is 1. The molecule has 1 aliphatic carbocycles. The van der Waals surface area contributed by atoms with Crippen LogP contribution in [0.15, 0.2) is 29.3 Å². The number of benzene rings is 1. The second-order valence-electron chi connectivity index (χ2n) is 7.45. The molecule has 2 atom stereocenters. The fourth-order valence-corrected chi connectivity index (χ4v) is 4.23. The van der Waals surface area contributed by atoms with Crippen LogP contribution >= 0.6 is 0 Å². The van der Waals surface area contributed by atoms with E-state index in [0.717, 1.165) is 56.2 Å². The summed E-state index contributed by atoms with van der Waals surface area (Å²) in [5.41, 5.74) is 1.21. The van der Waals surface area contributed by atoms with Gasteiger partial charge in [0.25, 0.3) is 0 Å². The standard InChI is InChI=1S/C21H33N3O2/c1-22-21(24-15-18-8-3-4-9-19(18)16-24)23-14-17-7-5-10-20(13-17)26-12-6-11-25-2/h5,7,10,13,18-19H,3-4,6,8-9,11-12,14-16H2,1-2H3,(H,22,23). The van der Waals surface area contributed by atoms with E-state index in [2.05, 4.69) is 33.4 Å². The minimum Gasteiger partial charge on any atom is -0.493 e. The number of guanidine groups is 1. The number of hydrogen-bond acceptors (Lipinski definition) is 3. The van der Waals surface area contributed by atoms with Crippen LogP contribution in [0.3, 0.4) is 0 Å². The van der Waals surface area contributed by atoms with E-state index >= 15 is 0 Å². The molecule has 1 N–H and O–H groups in total. The molecule has 1 aliphatic heterocycles. The molecular formula is C21H33N3O2. The maximum Gasteiger partial charge on any atom is 0.193 e. The lowest BCUT2D eigenvalue weighted by Crippen LogP contribution is -2.39. The minimum atomic E-state index is 0.683. The van der Waals surface area contributed by atoms with E-state index in [-0.39, 0.29) is 0 Å². The summed E-state index contributed by atoms with van der Waals surface area (Å²) in [6.07, 6.45) is 6.49. The first kappa shape index (κ1) is 19.0. The molecule has 144 valence electrons. The van der Waals surface area contributed by atoms with Crippen molar-refractivity contribution in [2.45, 2.75) is 38.6 Å². The van der Waals surface area contributed by atoms with Crippen molar-refractivity contribution in [3.05, 3.63) is 29.8 Å². The van der Waals surface area contributed by atoms with Gasteiger partial charge in [-0.1, -0.05) is 25.0 Å². The number of nitrogens with one attached hydrogen (secondary N) is 1. The summed E-state index contributed by atoms with van der Waals surface area (Å²) < 4.78 is 10.9. The van der Waals surface area contributed by atoms with Gasteiger partial charge in [-0.3, -0.25) is 4.99 Å². The van der Waals surface area contributed by atoms with Gasteiger partial charge in [0.15, 0.2) is 5.96 Å². The monoisotopic (exact) mass is 359 g/mol. The van der Waals surface area contributed by atoms with Crippen molar-refractivity contribution in [3.8, 4) is 5.75 Å². The van der Waals surface area contributed by atoms with Gasteiger partial charge in [-0.05, 0) is 42.4 Å². The van der Waals surface area contributed by atoms with Crippen LogP contribution in [0, 0.1) is 11.8 Å². The van der Waals surface area contributed by atoms with Crippen molar-refractivity contribution in [2.75, 3.05) is 40.5 Å². The summed E-state index contributed by atoms with van der Waals surface area (Å²) in [5, 5.41) is 3.54. The summed E-state index contributed by atoms with van der Waals surface area (Å²) >= 11 is 0. The van der Waals surface area contributed by atoms with Crippen molar-refractivity contribution in [2.24, 2.45) is 16.8 Å². The van der Waals surface area contributed by atoms with E-state index < -0.39 is 0 Å². The highest BCUT2D eigenvalue weighted by molar-refractivity contribution is 5.80. The van der Waals surface area contributed by atoms with Gasteiger partial charge in [0.1, 0.15) is 5.75 Å². The molecule has 1 heterocycles. The molecule has 1 aromatic carbocycles. The zero-order valence-corrected chi connectivity index (χ0v) is 16.2. The van der Waals surface area contributed by atoms with Gasteiger partial charge < -0.3 is 19.7 Å². The average Bonchev–Trinajstić information content (AvgIpc) is 3.10. The molecule has 2 unspecified atom stereocenters. The van der Waals surface area contributed by atoms with Crippen LogP contribution < -0.4 is 10.1 Å². The van der Waals surface area contributed by atoms with Gasteiger partial charge in [-0.2, -0.15) is 0 Å². The predicted octanol–water partition coefficient (Wildman–Crippen LogP) is 3.30. The summed E-state index contributed by atoms with van der Waals surface area (Å²) in [6, 6.07) is 8.30. The van der Waals surface area contributed by atoms with Crippen molar-refractivity contribution in [1.82, 2.24) is 10.2 Å². The Hall–Kier alpha value is -1.75. The normalized spacial score (nSPS) is 23.0. The average molecular weight is 360 g/mol. The smallest absolute Gasteiger partial charge is 0.193 e. The lowest BCUT2D eigenvalue weighted by Gasteiger charge is -2.22. The quantitative estimate of drug-likeness (QED) is 0.461. The van der Waals surface area contributed by atoms with Crippen molar-refractivity contribution < 1.29 is 9.47 Å². The summed E-state index contributed by atoms with van der Waals surface area (Å²) in [5.74, 6) is 3.69. The third-order valence-corrected chi connectivity index (χ3v) is 5.60. The Morgan fingerprint density at radius 3 is 2.65 bits per heavy atom. The third-order valence-electron chi connectivity index (χ3n) is 5.60. The van der Waals surface area contributed by atoms with Gasteiger partial charge >= 0.3 is 0 Å². The van der Waals surface area contributed by atoms with Crippen LogP contribution in [0.25, 0.3) is 0 Å². The molecule has 0 bridgehead atoms. The van der Waals surface area contributed by atoms with Gasteiger partial charge in [0, 0.05) is 46.8 Å². The summed E-state index contributed by atoms with van der Waals surface area (Å²) in [7, 11) is 3.61. The van der Waals surface area contributed by atoms with Crippen molar-refractivity contribution in [1.29, 1.82) is 0 Å². The molecule has 1 saturated carbocycles. The predicted molar refractivity (Wildman–Crippen MR) is 106 cm³/mol. The largest absolute Gasteiger partial charge is 0.493 e. The number of rotatable bonds is 7. The lowest BCUT2D eigenvalue weighted by molar-refractivity contribution is 0.172. The van der Waals surface area contributed by atoms with Crippen LogP contribution in [0.5, 0.6) is 5.75 Å². The zero-order chi connectivity index (χ0) is 18.2. The fraction of sp³-hybridized carbons (Fsp3) is 0.667. The highest BCUT2D eigenvalue weighted by Crippen LogP contribution is 2.35. The Morgan fingerprint density at radius 2 is 1.96 bits per heavy atom. The van der Waals surface area contributed by atoms with Gasteiger partial charge in [-0.25, -0.2) is 0 Å². The molecule has 1 saturated heterocycles. The van der Waals surface area contributed by atoms with Crippen molar-refractivity contribution >= 4 is 5.96 Å². The van der Waals surface area contributed by atoms with Crippen molar-refractivity contribution in [3.63, 3.8) is 0 Å². The number of fused-ring (bicyclic) bond motifs is 1. The van der Waals surface area contributed by atoms with E-state index in [9.17, 15) is 0 Å². The maximum atomic E-state index is 5.80. The Morgan fingerprint density at radius 1 is 1.19 bits per heavy atom. The van der Waals surface area contributed by atoms with E-state index in [0.29, 0.717) is 6.61 Å². The zero-order valence-electron chi connectivity index (χ0n) is 16.2. The van der Waals surface area contributed by atoms with E-state index in [1.807, 2.05) is 13.1 Å². The molecule has 1 aromatic rings. The first-order valence-electron chi connectivity index (χ1n) is 9.96. The molecular weight excluding hydrogens is 326 g/mol. The molecule has 5 heteroatoms. The van der Waals surface area contributed by atoms with E-state index in [1.54, 1.807) is 7.11 Å². The number of aliphatic imine (C=N–C) groups is 1. The molecule has 5 nitrogen and oxygen atoms in total. The Balaban J connectivity index is 1.49. The molecule has 3 rings (SSSR count). The van der Waals surface area contributed by atoms with Gasteiger partial charge in [0.05, 0.1) is 6.61 Å². The molecule has 0 radical (unpaired) electrons. The highest BCUT2D eigenvalue weighted by Gasteiger charge is 2.35. The first-order chi connectivity index (χ1) is 12.8. The fourth-order valence-electron chi connectivity index (χ4n) is 4.23. The van der Waals surface area contributed by atoms with Crippen LogP contribution in [0.1, 0.15) is 37.7 Å². The number of methoxy groups -OCH3 is 1. The van der Waals surface area contributed by atoms with Gasteiger partial charge in [0.2, 0.25) is 0 Å². The molecule has 0 amide bonds. The summed E-state index contributed by atoms with van der Waals surface area (Å²) in [4.78, 5) is 6.97. The second-order valence-corrected chi connectivity index (χ2v) is 7.45. The van der Waals surface area contributed by atoms with E-state index in [1.165, 1.54) is 31.2 Å². The molecule has 0 spiro atoms. The van der Waals surface area contributed by atoms with Crippen LogP contribution in [0.4, 0.5) is 0 Å². The maximum absolute atomic E-state index is 5.80. The van der Waals surface area contributed by atoms with Crippen LogP contribution in [-0.2, 0) is 11.3 Å². The number of hydrogen-bond donors (Lipinski definition) is 1. The first-order valence-corrected chi connectivity index (χ1v) is 9.96. The van der Waals surface area contributed by atoms with Crippen LogP contribution in [-0.4, -0.2) is 51.3 Å². The number of nitrogens with zero attached hydrogens (tertiary/aromatic N) is 2. The Bertz CT molecular complexity index is 576. The molecule has 0 aromatic heterocycles. The lowest BCUT2D eigenvalue weighted by atomic mass is 9.82. The Labute approximate surface area is 157 Å². The molecule has 2 aliphatic rings. The minimum absolute atomic E-state index is 0.683. The molecule has 26 heavy (non-hydrogen) atoms. The number of ether oxygens (including phenoxy) is 2. The molecule has 2 fully saturated rings. The third kappa shape index (κ3) is 5.13. The summed E-state index contributed by atoms with van der Waals surface area (Å²) in [6.45, 7) is 4.51. The Kier molecular flexibility index (Phi) is 7.18. The second kappa shape index (κ2) is 9.81.